The smallest absolute Gasteiger partial charge is 0.0626 e. The molecule has 1 heterocycles. The summed E-state index contributed by atoms with van der Waals surface area (Å²) in [6.45, 7) is 9.87. The van der Waals surface area contributed by atoms with Gasteiger partial charge in [0.2, 0.25) is 0 Å². The molecule has 6 unspecified atom stereocenters. The van der Waals surface area contributed by atoms with Crippen molar-refractivity contribution in [2.45, 2.75) is 70.8 Å². The molecule has 2 nitrogen and oxygen atoms in total. The maximum absolute atomic E-state index is 2.71. The van der Waals surface area contributed by atoms with Crippen molar-refractivity contribution < 1.29 is 0 Å². The van der Waals surface area contributed by atoms with Gasteiger partial charge in [0.15, 0.2) is 0 Å². The van der Waals surface area contributed by atoms with Crippen LogP contribution in [0.3, 0.4) is 0 Å². The third-order valence-corrected chi connectivity index (χ3v) is 18.2. The van der Waals surface area contributed by atoms with Crippen LogP contribution < -0.4 is 9.80 Å². The number of fused-ring (bicyclic) bond motifs is 9. The Kier molecular flexibility index (Phi) is 9.98. The molecule has 5 aromatic rings. The van der Waals surface area contributed by atoms with Gasteiger partial charge >= 0.3 is 0 Å². The Labute approximate surface area is 426 Å². The van der Waals surface area contributed by atoms with E-state index in [0.29, 0.717) is 23.7 Å². The molecule has 14 rings (SSSR count). The van der Waals surface area contributed by atoms with Gasteiger partial charge in [-0.25, -0.2) is 0 Å². The monoisotopic (exact) mass is 930 g/mol. The number of benzene rings is 5. The van der Waals surface area contributed by atoms with Crippen LogP contribution in [0.15, 0.2) is 241 Å². The van der Waals surface area contributed by atoms with Crippen molar-refractivity contribution in [1.29, 1.82) is 0 Å². The molecule has 2 heteroatoms. The van der Waals surface area contributed by atoms with Crippen molar-refractivity contribution in [3.05, 3.63) is 263 Å². The van der Waals surface area contributed by atoms with Crippen LogP contribution in [0.1, 0.15) is 81.5 Å². The highest BCUT2D eigenvalue weighted by atomic mass is 15.2. The molecule has 5 aromatic carbocycles. The summed E-state index contributed by atoms with van der Waals surface area (Å²) in [5, 5.41) is 0. The molecular weight excluding hydrogens is 869 g/mol. The highest BCUT2D eigenvalue weighted by Crippen LogP contribution is 2.60. The van der Waals surface area contributed by atoms with Crippen molar-refractivity contribution in [1.82, 2.24) is 0 Å². The molecule has 0 saturated heterocycles. The molecule has 0 amide bonds. The lowest BCUT2D eigenvalue weighted by Gasteiger charge is -2.40. The van der Waals surface area contributed by atoms with Crippen LogP contribution >= 0.6 is 0 Å². The zero-order valence-electron chi connectivity index (χ0n) is 42.0. The fraction of sp³-hybridized carbons (Fsp3) is 0.229. The van der Waals surface area contributed by atoms with Crippen LogP contribution in [0, 0.1) is 29.1 Å². The Morgan fingerprint density at radius 2 is 1.43 bits per heavy atom. The van der Waals surface area contributed by atoms with Crippen molar-refractivity contribution >= 4 is 33.9 Å². The van der Waals surface area contributed by atoms with Gasteiger partial charge in [-0.3, -0.25) is 0 Å². The highest BCUT2D eigenvalue weighted by molar-refractivity contribution is 5.92. The lowest BCUT2D eigenvalue weighted by Crippen LogP contribution is -2.38. The lowest BCUT2D eigenvalue weighted by atomic mass is 9.71. The largest absolute Gasteiger partial charge is 0.336 e. The summed E-state index contributed by atoms with van der Waals surface area (Å²) in [6, 6.07) is 42.5. The van der Waals surface area contributed by atoms with E-state index in [1.807, 2.05) is 0 Å². The topological polar surface area (TPSA) is 6.48 Å². The van der Waals surface area contributed by atoms with E-state index in [1.165, 1.54) is 90.4 Å². The molecule has 0 fully saturated rings. The van der Waals surface area contributed by atoms with Crippen LogP contribution in [0.2, 0.25) is 0 Å². The van der Waals surface area contributed by atoms with Gasteiger partial charge in [-0.15, -0.1) is 0 Å². The number of anilines is 4. The SMILES string of the molecule is CC1(C)C2=C(C=CCC2)C2C(N3c4ccc(-c5cccc(-c6ccccc6N(c6ccc(C7=CCC8C=CC=CC8=C7)cc6)c6ccc7c(c6)C(C)(C)C6CC=CC=C76)c5)cc4C4C=CC=CC43)=CC=CC21. The summed E-state index contributed by atoms with van der Waals surface area (Å²) in [5.74, 6) is 2.06. The van der Waals surface area contributed by atoms with E-state index < -0.39 is 0 Å². The minimum absolute atomic E-state index is 0.0115. The predicted octanol–water partition coefficient (Wildman–Crippen LogP) is 18.0. The molecule has 72 heavy (non-hydrogen) atoms. The maximum Gasteiger partial charge on any atom is 0.0626 e. The van der Waals surface area contributed by atoms with E-state index in [2.05, 4.69) is 256 Å². The number of hydrogen-bond acceptors (Lipinski definition) is 2. The second-order valence-electron chi connectivity index (χ2n) is 22.7. The average Bonchev–Trinajstić information content (AvgIpc) is 3.97. The molecule has 8 aliphatic carbocycles. The number of nitrogens with zero attached hydrogens (tertiary/aromatic N) is 2. The van der Waals surface area contributed by atoms with Gasteiger partial charge in [0.05, 0.1) is 11.7 Å². The first-order valence-corrected chi connectivity index (χ1v) is 26.7. The van der Waals surface area contributed by atoms with E-state index in [4.69, 9.17) is 0 Å². The van der Waals surface area contributed by atoms with Crippen molar-refractivity contribution in [3.63, 3.8) is 0 Å². The quantitative estimate of drug-likeness (QED) is 0.160. The maximum atomic E-state index is 2.71. The van der Waals surface area contributed by atoms with Gasteiger partial charge in [-0.1, -0.05) is 197 Å². The molecule has 1 aliphatic heterocycles. The molecule has 0 bridgehead atoms. The summed E-state index contributed by atoms with van der Waals surface area (Å²) in [6.07, 6.45) is 46.7. The summed E-state index contributed by atoms with van der Waals surface area (Å²) in [4.78, 5) is 5.22. The van der Waals surface area contributed by atoms with Crippen LogP contribution in [0.5, 0.6) is 0 Å². The van der Waals surface area contributed by atoms with Crippen LogP contribution in [0.4, 0.5) is 22.7 Å². The fourth-order valence-electron chi connectivity index (χ4n) is 14.5. The van der Waals surface area contributed by atoms with Gasteiger partial charge in [0.1, 0.15) is 0 Å². The molecule has 0 N–H and O–H groups in total. The standard InChI is InChI=1S/C70H62N2/c1-69(2)61-26-12-8-24-58(61)68-62(69)27-16-30-67(68)72-65-29-14-10-23-57(65)59-43-50(35-40-66(59)72)48-19-15-20-51(42-48)54-21-9-13-28-64(54)71(53-38-39-56-55-22-7-11-25-60(55)70(3,4)63(56)44-53)52-36-33-46(34-37-52)49-32-31-45-17-5-6-18-47(45)41-49/h5-11,13-24,27-30,32-45,57,60,62,65,68H,12,25-26,31H2,1-4H3. The van der Waals surface area contributed by atoms with Crippen molar-refractivity contribution in [2.75, 3.05) is 9.80 Å². The first-order chi connectivity index (χ1) is 35.2. The first-order valence-electron chi connectivity index (χ1n) is 26.7. The van der Waals surface area contributed by atoms with Crippen LogP contribution in [-0.4, -0.2) is 6.04 Å². The van der Waals surface area contributed by atoms with Gasteiger partial charge in [-0.2, -0.15) is 0 Å². The zero-order chi connectivity index (χ0) is 48.3. The number of para-hydroxylation sites is 1. The molecule has 0 aromatic heterocycles. The van der Waals surface area contributed by atoms with E-state index in [-0.39, 0.29) is 22.8 Å². The third-order valence-electron chi connectivity index (χ3n) is 18.2. The van der Waals surface area contributed by atoms with Gasteiger partial charge in [-0.05, 0) is 164 Å². The molecule has 352 valence electrons. The third kappa shape index (κ3) is 6.67. The van der Waals surface area contributed by atoms with Gasteiger partial charge in [0.25, 0.3) is 0 Å². The van der Waals surface area contributed by atoms with Crippen molar-refractivity contribution in [2.24, 2.45) is 29.1 Å². The van der Waals surface area contributed by atoms with Crippen LogP contribution in [0.25, 0.3) is 33.4 Å². The van der Waals surface area contributed by atoms with Gasteiger partial charge < -0.3 is 9.80 Å². The normalized spacial score (nSPS) is 25.9. The minimum Gasteiger partial charge on any atom is -0.336 e. The highest BCUT2D eigenvalue weighted by Gasteiger charge is 2.51. The zero-order valence-corrected chi connectivity index (χ0v) is 42.0. The number of hydrogen-bond donors (Lipinski definition) is 0. The van der Waals surface area contributed by atoms with E-state index >= 15 is 0 Å². The average molecular weight is 931 g/mol. The fourth-order valence-corrected chi connectivity index (χ4v) is 14.5. The molecule has 0 spiro atoms. The van der Waals surface area contributed by atoms with E-state index in [0.717, 1.165) is 24.9 Å². The molecule has 0 saturated carbocycles. The molecule has 9 aliphatic rings. The Hall–Kier alpha value is -7.42. The summed E-state index contributed by atoms with van der Waals surface area (Å²) >= 11 is 0. The molecular formula is C70H62N2. The Morgan fingerprint density at radius 1 is 0.611 bits per heavy atom. The number of allylic oxidation sites excluding steroid dienone is 21. The number of rotatable bonds is 7. The van der Waals surface area contributed by atoms with E-state index in [1.54, 1.807) is 11.1 Å². The minimum atomic E-state index is 0.0115. The Balaban J connectivity index is 0.847. The van der Waals surface area contributed by atoms with Crippen molar-refractivity contribution in [3.8, 4) is 22.3 Å². The predicted molar refractivity (Wildman–Crippen MR) is 303 cm³/mol. The summed E-state index contributed by atoms with van der Waals surface area (Å²) < 4.78 is 0. The first kappa shape index (κ1) is 43.4. The Bertz CT molecular complexity index is 3500. The van der Waals surface area contributed by atoms with E-state index in [9.17, 15) is 0 Å². The van der Waals surface area contributed by atoms with Crippen LogP contribution in [-0.2, 0) is 5.41 Å². The second-order valence-corrected chi connectivity index (χ2v) is 22.7. The Morgan fingerprint density at radius 3 is 2.35 bits per heavy atom. The second kappa shape index (κ2) is 16.6. The van der Waals surface area contributed by atoms with Gasteiger partial charge in [0, 0.05) is 46.1 Å². The molecule has 0 radical (unpaired) electrons. The lowest BCUT2D eigenvalue weighted by molar-refractivity contribution is 0.300. The summed E-state index contributed by atoms with van der Waals surface area (Å²) in [5.41, 5.74) is 24.2. The summed E-state index contributed by atoms with van der Waals surface area (Å²) in [7, 11) is 0. The molecule has 6 atom stereocenters.